The third kappa shape index (κ3) is 4.15. The molecule has 0 spiro atoms. The van der Waals surface area contributed by atoms with E-state index in [1.54, 1.807) is 62.8 Å². The van der Waals surface area contributed by atoms with Gasteiger partial charge >= 0.3 is 0 Å². The number of anilines is 1. The fraction of sp³-hybridized carbons (Fsp3) is 0.0833. The van der Waals surface area contributed by atoms with Crippen molar-refractivity contribution >= 4 is 46.7 Å². The van der Waals surface area contributed by atoms with Crippen LogP contribution in [-0.4, -0.2) is 26.0 Å². The number of carbonyl (C=O) groups excluding carboxylic acids is 1. The second kappa shape index (κ2) is 8.84. The molecule has 0 fully saturated rings. The first kappa shape index (κ1) is 21.0. The van der Waals surface area contributed by atoms with Gasteiger partial charge in [-0.2, -0.15) is 0 Å². The first-order valence-corrected chi connectivity index (χ1v) is 10.1. The lowest BCUT2D eigenvalue weighted by molar-refractivity contribution is -0.113. The van der Waals surface area contributed by atoms with Gasteiger partial charge in [-0.1, -0.05) is 35.3 Å². The molecule has 4 rings (SSSR count). The van der Waals surface area contributed by atoms with Crippen LogP contribution in [0.25, 0.3) is 6.08 Å². The zero-order valence-corrected chi connectivity index (χ0v) is 18.3. The SMILES string of the molecule is COc1ccc(/C=C2/N=C(c3ccccc3Cl)N(c3ccc(Cl)cc3)C2=O)c(OC)c1. The number of halogens is 2. The van der Waals surface area contributed by atoms with E-state index in [2.05, 4.69) is 4.99 Å². The summed E-state index contributed by atoms with van der Waals surface area (Å²) in [7, 11) is 3.14. The van der Waals surface area contributed by atoms with Crippen molar-refractivity contribution in [3.8, 4) is 11.5 Å². The fourth-order valence-corrected chi connectivity index (χ4v) is 3.60. The fourth-order valence-electron chi connectivity index (χ4n) is 3.25. The lowest BCUT2D eigenvalue weighted by atomic mass is 10.1. The van der Waals surface area contributed by atoms with E-state index in [1.165, 1.54) is 4.90 Å². The van der Waals surface area contributed by atoms with Crippen molar-refractivity contribution in [1.82, 2.24) is 0 Å². The summed E-state index contributed by atoms with van der Waals surface area (Å²) in [4.78, 5) is 19.6. The van der Waals surface area contributed by atoms with E-state index in [1.807, 2.05) is 24.3 Å². The van der Waals surface area contributed by atoms with Crippen LogP contribution in [0.3, 0.4) is 0 Å². The molecule has 0 bridgehead atoms. The number of nitrogens with zero attached hydrogens (tertiary/aromatic N) is 2. The number of carbonyl (C=O) groups is 1. The molecule has 3 aromatic rings. The lowest BCUT2D eigenvalue weighted by Crippen LogP contribution is -2.32. The minimum atomic E-state index is -0.282. The van der Waals surface area contributed by atoms with E-state index in [-0.39, 0.29) is 11.6 Å². The third-order valence-corrected chi connectivity index (χ3v) is 5.37. The molecule has 1 aliphatic heterocycles. The number of benzene rings is 3. The first-order chi connectivity index (χ1) is 15.0. The second-order valence-electron chi connectivity index (χ2n) is 6.67. The van der Waals surface area contributed by atoms with Gasteiger partial charge in [0.15, 0.2) is 0 Å². The quantitative estimate of drug-likeness (QED) is 0.456. The minimum Gasteiger partial charge on any atom is -0.497 e. The molecule has 7 heteroatoms. The van der Waals surface area contributed by atoms with E-state index in [9.17, 15) is 4.79 Å². The Labute approximate surface area is 190 Å². The second-order valence-corrected chi connectivity index (χ2v) is 7.51. The number of methoxy groups -OCH3 is 2. The molecule has 0 unspecified atom stereocenters. The van der Waals surface area contributed by atoms with Crippen molar-refractivity contribution in [2.24, 2.45) is 4.99 Å². The molecule has 0 radical (unpaired) electrons. The molecule has 3 aromatic carbocycles. The molecule has 1 heterocycles. The highest BCUT2D eigenvalue weighted by atomic mass is 35.5. The molecular formula is C24H18Cl2N2O3. The Bertz CT molecular complexity index is 1200. The minimum absolute atomic E-state index is 0.258. The van der Waals surface area contributed by atoms with E-state index >= 15 is 0 Å². The van der Waals surface area contributed by atoms with Crippen LogP contribution in [0.2, 0.25) is 10.0 Å². The standard InChI is InChI=1S/C24H18Cl2N2O3/c1-30-18-12-7-15(22(14-18)31-2)13-21-24(29)28(17-10-8-16(25)9-11-17)23(27-21)19-5-3-4-6-20(19)26/h3-14H,1-2H3/b21-13+. The third-order valence-electron chi connectivity index (χ3n) is 4.79. The maximum absolute atomic E-state index is 13.4. The highest BCUT2D eigenvalue weighted by Crippen LogP contribution is 2.33. The molecule has 1 amide bonds. The van der Waals surface area contributed by atoms with E-state index < -0.39 is 0 Å². The Hall–Kier alpha value is -3.28. The average Bonchev–Trinajstić information content (AvgIpc) is 3.10. The van der Waals surface area contributed by atoms with Gasteiger partial charge in [-0.05, 0) is 54.6 Å². The van der Waals surface area contributed by atoms with Crippen molar-refractivity contribution in [2.75, 3.05) is 19.1 Å². The molecule has 5 nitrogen and oxygen atoms in total. The highest BCUT2D eigenvalue weighted by molar-refractivity contribution is 6.39. The number of hydrogen-bond acceptors (Lipinski definition) is 4. The molecule has 0 aliphatic carbocycles. The van der Waals surface area contributed by atoms with Crippen molar-refractivity contribution in [3.63, 3.8) is 0 Å². The van der Waals surface area contributed by atoms with Crippen molar-refractivity contribution < 1.29 is 14.3 Å². The summed E-state index contributed by atoms with van der Waals surface area (Å²) in [5.41, 5.74) is 2.25. The van der Waals surface area contributed by atoms with E-state index in [0.717, 1.165) is 0 Å². The van der Waals surface area contributed by atoms with Crippen LogP contribution in [0, 0.1) is 0 Å². The largest absolute Gasteiger partial charge is 0.497 e. The number of ether oxygens (including phenoxy) is 2. The van der Waals surface area contributed by atoms with Crippen LogP contribution in [-0.2, 0) is 4.79 Å². The van der Waals surface area contributed by atoms with Crippen molar-refractivity contribution in [3.05, 3.63) is 93.6 Å². The molecule has 0 saturated heterocycles. The predicted octanol–water partition coefficient (Wildman–Crippen LogP) is 5.85. The molecule has 0 N–H and O–H groups in total. The molecule has 31 heavy (non-hydrogen) atoms. The zero-order chi connectivity index (χ0) is 22.0. The molecule has 0 atom stereocenters. The summed E-state index contributed by atoms with van der Waals surface area (Å²) in [5, 5.41) is 1.07. The van der Waals surface area contributed by atoms with E-state index in [0.29, 0.717) is 44.2 Å². The van der Waals surface area contributed by atoms with Gasteiger partial charge in [0.25, 0.3) is 5.91 Å². The predicted molar refractivity (Wildman–Crippen MR) is 124 cm³/mol. The summed E-state index contributed by atoms with van der Waals surface area (Å²) in [6.07, 6.45) is 1.69. The Morgan fingerprint density at radius 2 is 1.68 bits per heavy atom. The van der Waals surface area contributed by atoms with Gasteiger partial charge in [0.1, 0.15) is 23.0 Å². The number of amides is 1. The van der Waals surface area contributed by atoms with Crippen LogP contribution >= 0.6 is 23.2 Å². The normalized spacial score (nSPS) is 14.7. The first-order valence-electron chi connectivity index (χ1n) is 9.39. The monoisotopic (exact) mass is 452 g/mol. The van der Waals surface area contributed by atoms with Crippen LogP contribution in [0.1, 0.15) is 11.1 Å². The molecule has 0 saturated carbocycles. The number of rotatable bonds is 5. The maximum Gasteiger partial charge on any atom is 0.282 e. The van der Waals surface area contributed by atoms with E-state index in [4.69, 9.17) is 32.7 Å². The Balaban J connectivity index is 1.85. The Morgan fingerprint density at radius 3 is 2.35 bits per heavy atom. The van der Waals surface area contributed by atoms with Crippen molar-refractivity contribution in [2.45, 2.75) is 0 Å². The summed E-state index contributed by atoms with van der Waals surface area (Å²) in [6.45, 7) is 0. The van der Waals surface area contributed by atoms with Crippen LogP contribution in [0.15, 0.2) is 77.4 Å². The van der Waals surface area contributed by atoms with Gasteiger partial charge in [-0.25, -0.2) is 4.99 Å². The molecule has 156 valence electrons. The van der Waals surface area contributed by atoms with Crippen molar-refractivity contribution in [1.29, 1.82) is 0 Å². The lowest BCUT2D eigenvalue weighted by Gasteiger charge is -2.19. The van der Waals surface area contributed by atoms with Gasteiger partial charge in [0.2, 0.25) is 0 Å². The number of aliphatic imine (C=N–C) groups is 1. The van der Waals surface area contributed by atoms with Crippen LogP contribution < -0.4 is 14.4 Å². The maximum atomic E-state index is 13.4. The zero-order valence-electron chi connectivity index (χ0n) is 16.8. The Kier molecular flexibility index (Phi) is 5.98. The summed E-state index contributed by atoms with van der Waals surface area (Å²) in [5.74, 6) is 1.38. The van der Waals surface area contributed by atoms with Crippen LogP contribution in [0.5, 0.6) is 11.5 Å². The van der Waals surface area contributed by atoms with Gasteiger partial charge < -0.3 is 9.47 Å². The molecule has 0 aromatic heterocycles. The van der Waals surface area contributed by atoms with Gasteiger partial charge in [0.05, 0.1) is 24.9 Å². The molecule has 1 aliphatic rings. The highest BCUT2D eigenvalue weighted by Gasteiger charge is 2.33. The topological polar surface area (TPSA) is 51.1 Å². The number of hydrogen-bond donors (Lipinski definition) is 0. The van der Waals surface area contributed by atoms with Gasteiger partial charge in [-0.3, -0.25) is 9.69 Å². The number of amidine groups is 1. The Morgan fingerprint density at radius 1 is 0.935 bits per heavy atom. The smallest absolute Gasteiger partial charge is 0.282 e. The van der Waals surface area contributed by atoms with Gasteiger partial charge in [-0.15, -0.1) is 0 Å². The summed E-state index contributed by atoms with van der Waals surface area (Å²) >= 11 is 12.5. The summed E-state index contributed by atoms with van der Waals surface area (Å²) in [6, 6.07) is 19.6. The summed E-state index contributed by atoms with van der Waals surface area (Å²) < 4.78 is 10.7. The average molecular weight is 453 g/mol. The van der Waals surface area contributed by atoms with Crippen LogP contribution in [0.4, 0.5) is 5.69 Å². The molecular weight excluding hydrogens is 435 g/mol. The van der Waals surface area contributed by atoms with Gasteiger partial charge in [0, 0.05) is 22.2 Å².